The van der Waals surface area contributed by atoms with Crippen molar-refractivity contribution in [2.75, 3.05) is 26.9 Å². The highest BCUT2D eigenvalue weighted by molar-refractivity contribution is 6.46. The Morgan fingerprint density at radius 3 is 2.36 bits per heavy atom. The van der Waals surface area contributed by atoms with Gasteiger partial charge in [0.15, 0.2) is 11.5 Å². The van der Waals surface area contributed by atoms with Crippen LogP contribution in [0.3, 0.4) is 0 Å². The lowest BCUT2D eigenvalue weighted by atomic mass is 9.95. The first-order chi connectivity index (χ1) is 17.2. The minimum atomic E-state index is -0.831. The molecular weight excluding hydrogens is 462 g/mol. The van der Waals surface area contributed by atoms with Crippen molar-refractivity contribution in [3.63, 3.8) is 0 Å². The van der Waals surface area contributed by atoms with Gasteiger partial charge in [0.05, 0.1) is 37.0 Å². The molecule has 0 spiro atoms. The topological polar surface area (TPSA) is 94.5 Å². The summed E-state index contributed by atoms with van der Waals surface area (Å²) in [5, 5.41) is 11.3. The van der Waals surface area contributed by atoms with Gasteiger partial charge in [-0.1, -0.05) is 18.2 Å². The lowest BCUT2D eigenvalue weighted by molar-refractivity contribution is -0.140. The van der Waals surface area contributed by atoms with E-state index in [0.29, 0.717) is 35.0 Å². The van der Waals surface area contributed by atoms with E-state index in [0.717, 1.165) is 0 Å². The normalized spacial score (nSPS) is 17.2. The number of carbonyl (C=O) groups is 2. The van der Waals surface area contributed by atoms with E-state index in [1.54, 1.807) is 42.5 Å². The average Bonchev–Trinajstić information content (AvgIpc) is 3.07. The predicted molar refractivity (Wildman–Crippen MR) is 136 cm³/mol. The number of aliphatic hydroxyl groups excluding tert-OH is 1. The van der Waals surface area contributed by atoms with Crippen LogP contribution in [0.2, 0.25) is 0 Å². The number of rotatable bonds is 11. The van der Waals surface area contributed by atoms with Gasteiger partial charge in [0, 0.05) is 19.2 Å². The van der Waals surface area contributed by atoms with E-state index in [1.165, 1.54) is 12.0 Å². The fraction of sp³-hybridized carbons (Fsp3) is 0.429. The van der Waals surface area contributed by atoms with Crippen molar-refractivity contribution in [3.05, 3.63) is 59.2 Å². The second-order valence-electron chi connectivity index (χ2n) is 8.99. The summed E-state index contributed by atoms with van der Waals surface area (Å²) in [7, 11) is 1.52. The molecule has 1 aliphatic heterocycles. The molecule has 194 valence electrons. The number of benzene rings is 2. The molecule has 0 radical (unpaired) electrons. The maximum atomic E-state index is 13.2. The van der Waals surface area contributed by atoms with Gasteiger partial charge < -0.3 is 29.0 Å². The minimum Gasteiger partial charge on any atom is -0.507 e. The van der Waals surface area contributed by atoms with Gasteiger partial charge in [0.25, 0.3) is 11.7 Å². The first-order valence-electron chi connectivity index (χ1n) is 12.2. The van der Waals surface area contributed by atoms with E-state index in [2.05, 4.69) is 0 Å². The zero-order valence-corrected chi connectivity index (χ0v) is 21.7. The maximum Gasteiger partial charge on any atom is 0.295 e. The van der Waals surface area contributed by atoms with Crippen LogP contribution < -0.4 is 14.2 Å². The number of amides is 1. The maximum absolute atomic E-state index is 13.2. The number of carbonyl (C=O) groups excluding carboxylic acids is 2. The SMILES string of the molecule is CCOc1cc(C2/C(=C(/O)c3cccc(OC(C)C)c3)C(=O)C(=O)N2CCOC)ccc1OC(C)C. The number of likely N-dealkylation sites (tertiary alicyclic amines) is 1. The van der Waals surface area contributed by atoms with Crippen LogP contribution in [0.1, 0.15) is 51.8 Å². The minimum absolute atomic E-state index is 0.00206. The molecule has 0 aliphatic carbocycles. The number of methoxy groups -OCH3 is 1. The number of aliphatic hydroxyl groups is 1. The molecule has 1 amide bonds. The first kappa shape index (κ1) is 27.1. The Hall–Kier alpha value is -3.52. The fourth-order valence-corrected chi connectivity index (χ4v) is 4.11. The summed E-state index contributed by atoms with van der Waals surface area (Å²) in [5.74, 6) is -0.129. The van der Waals surface area contributed by atoms with Crippen LogP contribution in [0.15, 0.2) is 48.0 Å². The van der Waals surface area contributed by atoms with Crippen LogP contribution in [-0.4, -0.2) is 60.8 Å². The van der Waals surface area contributed by atoms with Crippen LogP contribution in [0.5, 0.6) is 17.2 Å². The Labute approximate surface area is 212 Å². The molecule has 0 saturated carbocycles. The molecule has 1 unspecified atom stereocenters. The van der Waals surface area contributed by atoms with Gasteiger partial charge in [-0.25, -0.2) is 0 Å². The van der Waals surface area contributed by atoms with Gasteiger partial charge in [-0.3, -0.25) is 9.59 Å². The van der Waals surface area contributed by atoms with Gasteiger partial charge in [-0.2, -0.15) is 0 Å². The molecule has 1 heterocycles. The molecule has 2 aromatic rings. The standard InChI is InChI=1S/C28H35NO7/c1-7-34-23-16-19(11-12-22(23)36-18(4)5)25-24(27(31)28(32)29(25)13-14-33-6)26(30)20-9-8-10-21(15-20)35-17(2)3/h8-12,15-18,25,30H,7,13-14H2,1-6H3/b26-24-. The summed E-state index contributed by atoms with van der Waals surface area (Å²) in [6.07, 6.45) is -0.131. The van der Waals surface area contributed by atoms with E-state index >= 15 is 0 Å². The van der Waals surface area contributed by atoms with Crippen molar-refractivity contribution in [2.45, 2.75) is 52.9 Å². The highest BCUT2D eigenvalue weighted by atomic mass is 16.5. The number of nitrogens with zero attached hydrogens (tertiary/aromatic N) is 1. The van der Waals surface area contributed by atoms with Crippen molar-refractivity contribution in [1.82, 2.24) is 4.90 Å². The largest absolute Gasteiger partial charge is 0.507 e. The van der Waals surface area contributed by atoms with Crippen molar-refractivity contribution < 1.29 is 33.6 Å². The molecular formula is C28H35NO7. The monoisotopic (exact) mass is 497 g/mol. The molecule has 1 fully saturated rings. The van der Waals surface area contributed by atoms with E-state index in [1.807, 2.05) is 34.6 Å². The molecule has 1 aliphatic rings. The second kappa shape index (κ2) is 11.9. The van der Waals surface area contributed by atoms with Crippen LogP contribution in [0.4, 0.5) is 0 Å². The van der Waals surface area contributed by atoms with Crippen LogP contribution >= 0.6 is 0 Å². The number of hydrogen-bond donors (Lipinski definition) is 1. The third-order valence-corrected chi connectivity index (χ3v) is 5.50. The van der Waals surface area contributed by atoms with Crippen molar-refractivity contribution in [1.29, 1.82) is 0 Å². The molecule has 1 saturated heterocycles. The van der Waals surface area contributed by atoms with Gasteiger partial charge in [0.1, 0.15) is 11.5 Å². The third kappa shape index (κ3) is 5.99. The fourth-order valence-electron chi connectivity index (χ4n) is 4.11. The molecule has 3 rings (SSSR count). The molecule has 8 nitrogen and oxygen atoms in total. The van der Waals surface area contributed by atoms with E-state index < -0.39 is 17.7 Å². The number of Topliss-reactive ketones (excluding diaryl/α,β-unsaturated/α-hetero) is 1. The Bertz CT molecular complexity index is 1120. The van der Waals surface area contributed by atoms with E-state index in [4.69, 9.17) is 18.9 Å². The predicted octanol–water partition coefficient (Wildman–Crippen LogP) is 4.73. The van der Waals surface area contributed by atoms with Crippen LogP contribution in [0.25, 0.3) is 5.76 Å². The molecule has 36 heavy (non-hydrogen) atoms. The highest BCUT2D eigenvalue weighted by Gasteiger charge is 2.46. The number of hydrogen-bond acceptors (Lipinski definition) is 7. The summed E-state index contributed by atoms with van der Waals surface area (Å²) < 4.78 is 22.6. The summed E-state index contributed by atoms with van der Waals surface area (Å²) in [6, 6.07) is 11.3. The van der Waals surface area contributed by atoms with Crippen LogP contribution in [-0.2, 0) is 14.3 Å². The Balaban J connectivity index is 2.16. The molecule has 0 aromatic heterocycles. The van der Waals surface area contributed by atoms with Gasteiger partial charge in [-0.15, -0.1) is 0 Å². The Morgan fingerprint density at radius 2 is 1.72 bits per heavy atom. The van der Waals surface area contributed by atoms with Gasteiger partial charge in [0.2, 0.25) is 0 Å². The quantitative estimate of drug-likeness (QED) is 0.273. The van der Waals surface area contributed by atoms with E-state index in [9.17, 15) is 14.7 Å². The zero-order chi connectivity index (χ0) is 26.4. The first-order valence-corrected chi connectivity index (χ1v) is 12.2. The van der Waals surface area contributed by atoms with E-state index in [-0.39, 0.29) is 36.7 Å². The molecule has 1 N–H and O–H groups in total. The summed E-state index contributed by atoms with van der Waals surface area (Å²) >= 11 is 0. The molecule has 1 atom stereocenters. The summed E-state index contributed by atoms with van der Waals surface area (Å²) in [5.41, 5.74) is 0.992. The van der Waals surface area contributed by atoms with Gasteiger partial charge in [-0.05, 0) is 64.4 Å². The van der Waals surface area contributed by atoms with Crippen molar-refractivity contribution >= 4 is 17.4 Å². The van der Waals surface area contributed by atoms with Crippen molar-refractivity contribution in [2.24, 2.45) is 0 Å². The number of ketones is 1. The summed E-state index contributed by atoms with van der Waals surface area (Å²) in [4.78, 5) is 27.7. The van der Waals surface area contributed by atoms with Crippen molar-refractivity contribution in [3.8, 4) is 17.2 Å². The van der Waals surface area contributed by atoms with Gasteiger partial charge >= 0.3 is 0 Å². The molecule has 2 aromatic carbocycles. The zero-order valence-electron chi connectivity index (χ0n) is 21.7. The second-order valence-corrected chi connectivity index (χ2v) is 8.99. The Kier molecular flexibility index (Phi) is 8.98. The van der Waals surface area contributed by atoms with Crippen LogP contribution in [0, 0.1) is 0 Å². The molecule has 0 bridgehead atoms. The lowest BCUT2D eigenvalue weighted by Gasteiger charge is -2.26. The summed E-state index contributed by atoms with van der Waals surface area (Å²) in [6.45, 7) is 10.3. The third-order valence-electron chi connectivity index (χ3n) is 5.50. The Morgan fingerprint density at radius 1 is 1.00 bits per heavy atom. The highest BCUT2D eigenvalue weighted by Crippen LogP contribution is 2.42. The average molecular weight is 498 g/mol. The number of ether oxygens (including phenoxy) is 4. The molecule has 8 heteroatoms. The smallest absolute Gasteiger partial charge is 0.295 e. The lowest BCUT2D eigenvalue weighted by Crippen LogP contribution is -2.32.